The lowest BCUT2D eigenvalue weighted by molar-refractivity contribution is -0.594. The van der Waals surface area contributed by atoms with E-state index in [4.69, 9.17) is 0 Å². The van der Waals surface area contributed by atoms with Gasteiger partial charge in [-0.3, -0.25) is 0 Å². The number of nitrogens with zero attached hydrogens (tertiary/aromatic N) is 1. The second-order valence-corrected chi connectivity index (χ2v) is 4.31. The molecule has 1 aromatic heterocycles. The number of hydrogen-bond donors (Lipinski definition) is 1. The van der Waals surface area contributed by atoms with Crippen LogP contribution in [0.4, 0.5) is 14.1 Å². The lowest BCUT2D eigenvalue weighted by atomic mass is 10.3. The third-order valence-electron chi connectivity index (χ3n) is 1.82. The Labute approximate surface area is 100 Å². The molecule has 92 valence electrons. The van der Waals surface area contributed by atoms with Crippen LogP contribution in [0.5, 0.6) is 0 Å². The average molecular weight is 262 g/mol. The highest BCUT2D eigenvalue weighted by molar-refractivity contribution is 6.50. The summed E-state index contributed by atoms with van der Waals surface area (Å²) in [4.78, 5) is 3.13. The summed E-state index contributed by atoms with van der Waals surface area (Å²) < 4.78 is 41.5. The predicted octanol–water partition coefficient (Wildman–Crippen LogP) is 2.90. The minimum absolute atomic E-state index is 1.17. The Bertz CT molecular complexity index is 447. The molecule has 0 bridgehead atoms. The minimum Gasteiger partial charge on any atom is -0.510 e. The average Bonchev–Trinajstić information content (AvgIpc) is 2.64. The molecule has 0 aliphatic carbocycles. The summed E-state index contributed by atoms with van der Waals surface area (Å²) in [6.45, 7) is 2.04. The number of H-pyrrole nitrogens is 1. The largest absolute Gasteiger partial charge is 1.04 e. The number of aromatic nitrogens is 2. The first kappa shape index (κ1) is 13.7. The molecule has 0 fully saturated rings. The molecule has 0 amide bonds. The van der Waals surface area contributed by atoms with Crippen LogP contribution >= 0.6 is 0 Å². The Morgan fingerprint density at radius 2 is 1.59 bits per heavy atom. The zero-order chi connectivity index (χ0) is 12.9. The Hall–Kier alpha value is -1.32. The van der Waals surface area contributed by atoms with E-state index in [9.17, 15) is 14.1 Å². The van der Waals surface area contributed by atoms with Crippen molar-refractivity contribution < 1.29 is 18.7 Å². The number of para-hydroxylation sites is 1. The van der Waals surface area contributed by atoms with Gasteiger partial charge in [-0.1, -0.05) is 18.2 Å². The van der Waals surface area contributed by atoms with Crippen molar-refractivity contribution in [3.63, 3.8) is 0 Å². The molecule has 0 atom stereocenters. The number of imidazole rings is 1. The molecule has 1 aromatic carbocycles. The van der Waals surface area contributed by atoms with E-state index in [0.29, 0.717) is 0 Å². The molecule has 7 heteroatoms. The number of rotatable bonds is 1. The van der Waals surface area contributed by atoms with E-state index in [1.807, 2.05) is 31.5 Å². The van der Waals surface area contributed by atoms with Gasteiger partial charge in [-0.2, -0.15) is 0 Å². The van der Waals surface area contributed by atoms with Crippen molar-refractivity contribution in [3.05, 3.63) is 48.5 Å². The van der Waals surface area contributed by atoms with E-state index in [2.05, 4.69) is 27.9 Å². The fourth-order valence-corrected chi connectivity index (χ4v) is 1.20. The van der Waals surface area contributed by atoms with E-state index in [1.54, 1.807) is 0 Å². The Morgan fingerprint density at radius 1 is 1.06 bits per heavy atom. The van der Waals surface area contributed by atoms with Crippen molar-refractivity contribution in [2.75, 3.05) is 0 Å². The van der Waals surface area contributed by atoms with Crippen molar-refractivity contribution in [2.45, 2.75) is 6.92 Å². The number of halogens is 4. The van der Waals surface area contributed by atoms with Crippen LogP contribution in [-0.2, 0) is 0 Å². The summed E-state index contributed by atoms with van der Waals surface area (Å²) in [5, 5.41) is 0. The molecule has 0 radical (unpaired) electrons. The second kappa shape index (κ2) is 5.85. The maximum atomic E-state index is 9.85. The van der Waals surface area contributed by atoms with Gasteiger partial charge in [0.1, 0.15) is 17.6 Å². The third kappa shape index (κ3) is 6.10. The molecule has 0 saturated carbocycles. The fourth-order valence-electron chi connectivity index (χ4n) is 1.20. The molecule has 2 nitrogen and oxygen atoms in total. The molecule has 0 aliphatic heterocycles. The van der Waals surface area contributed by atoms with E-state index < -0.39 is 14.9 Å². The molecule has 17 heavy (non-hydrogen) atoms. The summed E-state index contributed by atoms with van der Waals surface area (Å²) in [7, 11) is 0. The molecule has 2 aromatic rings. The van der Waals surface area contributed by atoms with Gasteiger partial charge in [0.15, 0.2) is 0 Å². The number of aryl methyl sites for hydroxylation is 1. The zero-order valence-corrected chi connectivity index (χ0v) is 10.2. The predicted molar refractivity (Wildman–Crippen MR) is 57.2 cm³/mol. The number of aromatic amines is 1. The zero-order valence-electron chi connectivity index (χ0n) is 9.08. The quantitative estimate of drug-likeness (QED) is 0.463. The van der Waals surface area contributed by atoms with Crippen LogP contribution in [0, 0.1) is 6.92 Å². The van der Waals surface area contributed by atoms with Crippen molar-refractivity contribution in [1.82, 2.24) is 4.98 Å². The monoisotopic (exact) mass is 262 g/mol. The van der Waals surface area contributed by atoms with Crippen LogP contribution in [0.25, 0.3) is 5.69 Å². The standard InChI is InChI=1S/C10H10N2.Al.4FH/c1-9-7-12(8-11-9)10-5-3-2-4-6-10;;;;;/h2-8H,1H3;;4*1H/q;+3;;;;/p-3. The van der Waals surface area contributed by atoms with Gasteiger partial charge in [0.2, 0.25) is 6.33 Å². The molecule has 2 rings (SSSR count). The van der Waals surface area contributed by atoms with Crippen LogP contribution in [0.1, 0.15) is 5.69 Å². The van der Waals surface area contributed by atoms with Gasteiger partial charge in [0.25, 0.3) is 0 Å². The minimum atomic E-state index is -6.83. The lowest BCUT2D eigenvalue weighted by Crippen LogP contribution is -2.26. The van der Waals surface area contributed by atoms with E-state index in [1.165, 1.54) is 11.4 Å². The lowest BCUT2D eigenvalue weighted by Gasteiger charge is -1.91. The summed E-state index contributed by atoms with van der Waals surface area (Å²) in [5.74, 6) is 0. The highest BCUT2D eigenvalue weighted by atomic mass is 27.5. The van der Waals surface area contributed by atoms with Gasteiger partial charge in [-0.15, -0.1) is 0 Å². The van der Waals surface area contributed by atoms with Crippen LogP contribution in [0.15, 0.2) is 42.9 Å². The molecular weight excluding hydrogens is 251 g/mol. The van der Waals surface area contributed by atoms with Crippen LogP contribution in [0.3, 0.4) is 0 Å². The molecule has 1 heterocycles. The van der Waals surface area contributed by atoms with Gasteiger partial charge in [0, 0.05) is 6.92 Å². The molecule has 0 unspecified atom stereocenters. The fraction of sp³-hybridized carbons (Fsp3) is 0.100. The van der Waals surface area contributed by atoms with Crippen molar-refractivity contribution in [1.29, 1.82) is 0 Å². The molecule has 0 spiro atoms. The number of benzene rings is 1. The van der Waals surface area contributed by atoms with E-state index in [-0.39, 0.29) is 0 Å². The Morgan fingerprint density at radius 3 is 2.00 bits per heavy atom. The van der Waals surface area contributed by atoms with Crippen molar-refractivity contribution in [2.24, 2.45) is 0 Å². The van der Waals surface area contributed by atoms with E-state index >= 15 is 0 Å². The van der Waals surface area contributed by atoms with Crippen LogP contribution in [-0.4, -0.2) is 19.9 Å². The summed E-state index contributed by atoms with van der Waals surface area (Å²) in [6.07, 6.45) is 4.01. The smallest absolute Gasteiger partial charge is 0.510 e. The first-order valence-corrected chi connectivity index (χ1v) is 6.60. The van der Waals surface area contributed by atoms with Crippen molar-refractivity contribution >= 4 is 14.9 Å². The maximum absolute atomic E-state index is 9.85. The highest BCUT2D eigenvalue weighted by Gasteiger charge is 2.41. The first-order valence-electron chi connectivity index (χ1n) is 4.85. The van der Waals surface area contributed by atoms with Gasteiger partial charge >= 0.3 is 14.9 Å². The van der Waals surface area contributed by atoms with Gasteiger partial charge in [0.05, 0.1) is 0 Å². The molecule has 0 saturated heterocycles. The Balaban J connectivity index is 0.000000249. The van der Waals surface area contributed by atoms with Gasteiger partial charge in [-0.25, -0.2) is 9.55 Å². The third-order valence-corrected chi connectivity index (χ3v) is 1.82. The van der Waals surface area contributed by atoms with Gasteiger partial charge < -0.3 is 14.1 Å². The van der Waals surface area contributed by atoms with Crippen molar-refractivity contribution in [3.8, 4) is 5.69 Å². The first-order chi connectivity index (χ1) is 7.86. The Kier molecular flexibility index (Phi) is 4.73. The molecular formula is C10H11AlF4N2. The van der Waals surface area contributed by atoms with Crippen LogP contribution < -0.4 is 4.57 Å². The molecule has 0 aliphatic rings. The summed E-state index contributed by atoms with van der Waals surface area (Å²) >= 11 is -6.83. The molecule has 1 N–H and O–H groups in total. The maximum Gasteiger partial charge on any atom is 1.04 e. The van der Waals surface area contributed by atoms with Gasteiger partial charge in [-0.05, 0) is 12.1 Å². The summed E-state index contributed by atoms with van der Waals surface area (Å²) in [6, 6.07) is 10.2. The highest BCUT2D eigenvalue weighted by Crippen LogP contribution is 2.06. The van der Waals surface area contributed by atoms with Crippen LogP contribution in [0.2, 0.25) is 0 Å². The topological polar surface area (TPSA) is 19.7 Å². The van der Waals surface area contributed by atoms with E-state index in [0.717, 1.165) is 0 Å². The second-order valence-electron chi connectivity index (χ2n) is 3.32. The SMILES string of the molecule is Cc1c[n+](-c2ccccc2)c[nH]1.[F][Al-]([F])([F])[F]. The number of nitrogens with one attached hydrogen (secondary N) is 1. The normalized spacial score (nSPS) is 10.6. The number of hydrogen-bond acceptors (Lipinski definition) is 0. The summed E-state index contributed by atoms with van der Waals surface area (Å²) in [5.41, 5.74) is 2.35.